The van der Waals surface area contributed by atoms with Gasteiger partial charge in [0.2, 0.25) is 0 Å². The fourth-order valence-corrected chi connectivity index (χ4v) is 13.1. The Bertz CT molecular complexity index is 4790. The molecule has 0 bridgehead atoms. The molecule has 16 aromatic rings. The summed E-state index contributed by atoms with van der Waals surface area (Å²) in [7, 11) is 0. The van der Waals surface area contributed by atoms with Gasteiger partial charge in [-0.2, -0.15) is 0 Å². The predicted molar refractivity (Wildman–Crippen MR) is 317 cm³/mol. The average Bonchev–Trinajstić information content (AvgIpc) is 4.35. The monoisotopic (exact) mass is 986 g/mol. The summed E-state index contributed by atoms with van der Waals surface area (Å²) in [5, 5.41) is 9.45. The van der Waals surface area contributed by atoms with Crippen LogP contribution in [0.1, 0.15) is 0 Å². The highest BCUT2D eigenvalue weighted by molar-refractivity contribution is 7.25. The minimum Gasteiger partial charge on any atom is -0.307 e. The molecule has 0 fully saturated rings. The number of benzene rings is 11. The van der Waals surface area contributed by atoms with Crippen molar-refractivity contribution in [1.82, 2.24) is 28.7 Å². The summed E-state index contributed by atoms with van der Waals surface area (Å²) >= 11 is 1.83. The smallest absolute Gasteiger partial charge is 0.164 e. The van der Waals surface area contributed by atoms with Gasteiger partial charge >= 0.3 is 0 Å². The summed E-state index contributed by atoms with van der Waals surface area (Å²) < 4.78 is 10.0. The van der Waals surface area contributed by atoms with Crippen molar-refractivity contribution < 1.29 is 0 Å². The van der Waals surface area contributed by atoms with Crippen LogP contribution in [0.15, 0.2) is 255 Å². The van der Waals surface area contributed by atoms with Crippen molar-refractivity contribution in [2.24, 2.45) is 0 Å². The number of hydrogen-bond donors (Lipinski definition) is 0. The van der Waals surface area contributed by atoms with Crippen LogP contribution in [-0.4, -0.2) is 28.7 Å². The molecule has 0 amide bonds. The molecule has 0 atom stereocenters. The van der Waals surface area contributed by atoms with Gasteiger partial charge in [0.15, 0.2) is 17.5 Å². The fraction of sp³-hybridized carbons (Fsp3) is 0. The third-order valence-corrected chi connectivity index (χ3v) is 16.4. The predicted octanol–water partition coefficient (Wildman–Crippen LogP) is 18.2. The lowest BCUT2D eigenvalue weighted by Gasteiger charge is -2.27. The van der Waals surface area contributed by atoms with E-state index >= 15 is 0 Å². The van der Waals surface area contributed by atoms with Crippen molar-refractivity contribution in [1.29, 1.82) is 0 Å². The van der Waals surface area contributed by atoms with Gasteiger partial charge in [-0.05, 0) is 66.2 Å². The van der Waals surface area contributed by atoms with E-state index in [4.69, 9.17) is 15.0 Å². The number of aromatic nitrogens is 6. The largest absolute Gasteiger partial charge is 0.307 e. The quantitative estimate of drug-likeness (QED) is 0.160. The molecule has 6 nitrogen and oxygen atoms in total. The summed E-state index contributed by atoms with van der Waals surface area (Å²) in [6, 6.07) is 92.0. The first-order valence-corrected chi connectivity index (χ1v) is 26.5. The summed E-state index contributed by atoms with van der Waals surface area (Å²) in [5.74, 6) is 1.76. The van der Waals surface area contributed by atoms with E-state index in [0.29, 0.717) is 17.5 Å². The Hall–Kier alpha value is -9.95. The number of rotatable bonds is 7. The number of fused-ring (bicyclic) bond motifs is 12. The molecule has 0 radical (unpaired) electrons. The van der Waals surface area contributed by atoms with Gasteiger partial charge in [0, 0.05) is 74.7 Å². The standard InChI is InChI=1S/C69H42N6S/c1-3-21-43(22-4-1)67-70-68(44-23-5-2-6-24-44)72-69(71-67)54-42-61(73-55-32-14-7-25-46(55)47-26-8-15-33-56(47)73)65(74-57-34-16-9-27-48(57)49-28-10-17-35-58(49)74)66(75-59-36-18-11-29-50(59)51-30-12-19-37-60(51)75)64(54)45-39-40-63-53(41-45)52-31-13-20-38-62(52)76-63/h1-42H. The Morgan fingerprint density at radius 3 is 1.11 bits per heavy atom. The maximum Gasteiger partial charge on any atom is 0.164 e. The summed E-state index contributed by atoms with van der Waals surface area (Å²) in [6.45, 7) is 0. The van der Waals surface area contributed by atoms with Crippen LogP contribution in [0.25, 0.3) is 148 Å². The molecule has 0 aliphatic carbocycles. The third kappa shape index (κ3) is 6.36. The maximum atomic E-state index is 5.63. The Morgan fingerprint density at radius 1 is 0.263 bits per heavy atom. The van der Waals surface area contributed by atoms with Crippen molar-refractivity contribution in [3.63, 3.8) is 0 Å². The second kappa shape index (κ2) is 16.8. The van der Waals surface area contributed by atoms with Crippen LogP contribution in [0.4, 0.5) is 0 Å². The molecule has 0 saturated heterocycles. The first-order valence-electron chi connectivity index (χ1n) is 25.7. The first kappa shape index (κ1) is 42.5. The van der Waals surface area contributed by atoms with E-state index in [1.807, 2.05) is 47.7 Å². The highest BCUT2D eigenvalue weighted by atomic mass is 32.1. The molecule has 0 aliphatic rings. The minimum absolute atomic E-state index is 0.566. The van der Waals surface area contributed by atoms with E-state index in [9.17, 15) is 0 Å². The van der Waals surface area contributed by atoms with E-state index in [0.717, 1.165) is 78.0 Å². The molecule has 5 aromatic heterocycles. The van der Waals surface area contributed by atoms with Crippen LogP contribution < -0.4 is 0 Å². The second-order valence-corrected chi connectivity index (χ2v) is 20.6. The van der Waals surface area contributed by atoms with Gasteiger partial charge in [0.1, 0.15) is 0 Å². The summed E-state index contributed by atoms with van der Waals surface area (Å²) in [5.41, 5.74) is 14.3. The highest BCUT2D eigenvalue weighted by Crippen LogP contribution is 2.51. The van der Waals surface area contributed by atoms with Gasteiger partial charge in [0.05, 0.1) is 50.2 Å². The molecule has 7 heteroatoms. The molecule has 354 valence electrons. The second-order valence-electron chi connectivity index (χ2n) is 19.5. The molecular weight excluding hydrogens is 945 g/mol. The van der Waals surface area contributed by atoms with Gasteiger partial charge in [0.25, 0.3) is 0 Å². The minimum atomic E-state index is 0.566. The van der Waals surface area contributed by atoms with Gasteiger partial charge in [-0.15, -0.1) is 11.3 Å². The Kier molecular flexibility index (Phi) is 9.40. The van der Waals surface area contributed by atoms with E-state index in [1.54, 1.807) is 0 Å². The van der Waals surface area contributed by atoms with Crippen LogP contribution in [0, 0.1) is 0 Å². The molecule has 0 N–H and O–H groups in total. The van der Waals surface area contributed by atoms with Crippen molar-refractivity contribution in [3.05, 3.63) is 255 Å². The van der Waals surface area contributed by atoms with Crippen LogP contribution in [0.2, 0.25) is 0 Å². The molecule has 0 unspecified atom stereocenters. The summed E-state index contributed by atoms with van der Waals surface area (Å²) in [6.07, 6.45) is 0. The fourth-order valence-electron chi connectivity index (χ4n) is 12.0. The zero-order valence-electron chi connectivity index (χ0n) is 40.8. The Morgan fingerprint density at radius 2 is 0.632 bits per heavy atom. The number of hydrogen-bond acceptors (Lipinski definition) is 4. The van der Waals surface area contributed by atoms with E-state index in [2.05, 4.69) is 232 Å². The lowest BCUT2D eigenvalue weighted by Crippen LogP contribution is -2.13. The Labute approximate surface area is 440 Å². The third-order valence-electron chi connectivity index (χ3n) is 15.3. The summed E-state index contributed by atoms with van der Waals surface area (Å²) in [4.78, 5) is 16.5. The van der Waals surface area contributed by atoms with Crippen LogP contribution in [0.3, 0.4) is 0 Å². The highest BCUT2D eigenvalue weighted by Gasteiger charge is 2.31. The first-order chi connectivity index (χ1) is 37.7. The zero-order valence-corrected chi connectivity index (χ0v) is 41.7. The number of thiophene rings is 1. The lowest BCUT2D eigenvalue weighted by molar-refractivity contribution is 1.04. The van der Waals surface area contributed by atoms with Gasteiger partial charge in [-0.25, -0.2) is 15.0 Å². The lowest BCUT2D eigenvalue weighted by atomic mass is 9.92. The van der Waals surface area contributed by atoms with E-state index in [-0.39, 0.29) is 0 Å². The van der Waals surface area contributed by atoms with Crippen LogP contribution in [-0.2, 0) is 0 Å². The molecular formula is C69H42N6S. The van der Waals surface area contributed by atoms with E-state index in [1.165, 1.54) is 52.5 Å². The molecule has 5 heterocycles. The van der Waals surface area contributed by atoms with Crippen molar-refractivity contribution >= 4 is 96.9 Å². The van der Waals surface area contributed by atoms with Gasteiger partial charge < -0.3 is 13.7 Å². The SMILES string of the molecule is c1ccc(-c2nc(-c3ccccc3)nc(-c3cc(-n4c5ccccc5c5ccccc54)c(-n4c5ccccc5c5ccccc54)c(-n4c5ccccc5c5ccccc54)c3-c3ccc4sc5ccccc5c4c3)n2)cc1. The maximum absolute atomic E-state index is 5.63. The number of para-hydroxylation sites is 6. The zero-order chi connectivity index (χ0) is 49.8. The van der Waals surface area contributed by atoms with Crippen LogP contribution >= 0.6 is 11.3 Å². The molecule has 11 aromatic carbocycles. The van der Waals surface area contributed by atoms with Crippen molar-refractivity contribution in [2.75, 3.05) is 0 Å². The van der Waals surface area contributed by atoms with Gasteiger partial charge in [-0.1, -0.05) is 194 Å². The molecule has 76 heavy (non-hydrogen) atoms. The van der Waals surface area contributed by atoms with E-state index < -0.39 is 0 Å². The Balaban J connectivity index is 1.20. The van der Waals surface area contributed by atoms with Crippen molar-refractivity contribution in [2.45, 2.75) is 0 Å². The number of nitrogens with zero attached hydrogens (tertiary/aromatic N) is 6. The van der Waals surface area contributed by atoms with Crippen molar-refractivity contribution in [3.8, 4) is 62.4 Å². The molecule has 16 rings (SSSR count). The molecule has 0 spiro atoms. The normalized spacial score (nSPS) is 11.9. The molecule has 0 saturated carbocycles. The van der Waals surface area contributed by atoms with Gasteiger partial charge in [-0.3, -0.25) is 0 Å². The van der Waals surface area contributed by atoms with Crippen LogP contribution in [0.5, 0.6) is 0 Å². The average molecular weight is 987 g/mol. The molecule has 0 aliphatic heterocycles. The topological polar surface area (TPSA) is 53.5 Å².